The maximum absolute atomic E-state index is 13.1. The van der Waals surface area contributed by atoms with Crippen LogP contribution in [0.4, 0.5) is 5.69 Å². The van der Waals surface area contributed by atoms with Crippen LogP contribution in [0.15, 0.2) is 60.7 Å². The van der Waals surface area contributed by atoms with Crippen LogP contribution in [0.25, 0.3) is 6.08 Å². The summed E-state index contributed by atoms with van der Waals surface area (Å²) in [7, 11) is 1.65. The van der Waals surface area contributed by atoms with Crippen molar-refractivity contribution in [3.63, 3.8) is 0 Å². The van der Waals surface area contributed by atoms with Crippen molar-refractivity contribution < 1.29 is 9.53 Å². The van der Waals surface area contributed by atoms with Gasteiger partial charge in [0, 0.05) is 5.69 Å². The molecule has 2 aliphatic rings. The molecule has 4 rings (SSSR count). The van der Waals surface area contributed by atoms with Crippen molar-refractivity contribution in [1.29, 1.82) is 0 Å². The van der Waals surface area contributed by atoms with Crippen LogP contribution >= 0.6 is 23.5 Å². The van der Waals surface area contributed by atoms with Crippen LogP contribution in [0.3, 0.4) is 0 Å². The molecule has 2 saturated heterocycles. The van der Waals surface area contributed by atoms with Gasteiger partial charge in [0.05, 0.1) is 13.2 Å². The molecule has 134 valence electrons. The SMILES string of the molecule is COc1ccc(N2C(=O)C3(SCCCS3)C2/C=C/c2ccccc2)cc1. The summed E-state index contributed by atoms with van der Waals surface area (Å²) in [6.07, 6.45) is 5.49. The first-order valence-electron chi connectivity index (χ1n) is 8.73. The maximum Gasteiger partial charge on any atom is 0.256 e. The molecule has 0 saturated carbocycles. The highest BCUT2D eigenvalue weighted by molar-refractivity contribution is 8.20. The standard InChI is InChI=1S/C21H21NO2S2/c1-24-18-11-9-17(10-12-18)22-19(13-8-16-6-3-2-4-7-16)21(20(22)23)25-14-5-15-26-21/h2-4,6-13,19H,5,14-15H2,1H3/b13-8+. The number of hydrogen-bond acceptors (Lipinski definition) is 4. The molecule has 2 fully saturated rings. The Labute approximate surface area is 162 Å². The monoisotopic (exact) mass is 383 g/mol. The number of amides is 1. The highest BCUT2D eigenvalue weighted by atomic mass is 32.2. The van der Waals surface area contributed by atoms with E-state index in [0.717, 1.165) is 28.5 Å². The number of anilines is 1. The Kier molecular flexibility index (Phi) is 5.00. The molecule has 1 atom stereocenters. The number of methoxy groups -OCH3 is 1. The summed E-state index contributed by atoms with van der Waals surface area (Å²) in [6, 6.07) is 18.1. The van der Waals surface area contributed by atoms with Crippen molar-refractivity contribution in [3.8, 4) is 5.75 Å². The largest absolute Gasteiger partial charge is 0.497 e. The van der Waals surface area contributed by atoms with E-state index in [9.17, 15) is 4.79 Å². The van der Waals surface area contributed by atoms with E-state index < -0.39 is 0 Å². The molecule has 0 aromatic heterocycles. The molecule has 2 heterocycles. The second-order valence-corrected chi connectivity index (χ2v) is 9.25. The third-order valence-electron chi connectivity index (χ3n) is 4.73. The van der Waals surface area contributed by atoms with E-state index in [1.54, 1.807) is 30.6 Å². The second-order valence-electron chi connectivity index (χ2n) is 6.31. The van der Waals surface area contributed by atoms with Crippen LogP contribution in [0.2, 0.25) is 0 Å². The van der Waals surface area contributed by atoms with E-state index >= 15 is 0 Å². The lowest BCUT2D eigenvalue weighted by atomic mass is 9.97. The molecule has 2 aliphatic heterocycles. The first kappa shape index (κ1) is 17.6. The molecule has 1 amide bonds. The minimum Gasteiger partial charge on any atom is -0.497 e. The first-order chi connectivity index (χ1) is 12.7. The molecule has 0 aliphatic carbocycles. The molecule has 0 radical (unpaired) electrons. The van der Waals surface area contributed by atoms with Crippen LogP contribution in [0.5, 0.6) is 5.75 Å². The van der Waals surface area contributed by atoms with E-state index in [2.05, 4.69) is 24.3 Å². The van der Waals surface area contributed by atoms with E-state index in [-0.39, 0.29) is 16.0 Å². The fraction of sp³-hybridized carbons (Fsp3) is 0.286. The predicted molar refractivity (Wildman–Crippen MR) is 112 cm³/mol. The van der Waals surface area contributed by atoms with Gasteiger partial charge < -0.3 is 9.64 Å². The second kappa shape index (κ2) is 7.41. The number of hydrogen-bond donors (Lipinski definition) is 0. The maximum atomic E-state index is 13.1. The van der Waals surface area contributed by atoms with Gasteiger partial charge in [0.2, 0.25) is 0 Å². The predicted octanol–water partition coefficient (Wildman–Crippen LogP) is 4.69. The summed E-state index contributed by atoms with van der Waals surface area (Å²) in [6.45, 7) is 0. The van der Waals surface area contributed by atoms with Gasteiger partial charge >= 0.3 is 0 Å². The summed E-state index contributed by atoms with van der Waals surface area (Å²) >= 11 is 3.61. The zero-order valence-corrected chi connectivity index (χ0v) is 16.3. The van der Waals surface area contributed by atoms with Gasteiger partial charge in [-0.2, -0.15) is 0 Å². The number of β-lactam (4-membered cyclic amide) rings is 1. The average molecular weight is 384 g/mol. The molecule has 1 spiro atoms. The lowest BCUT2D eigenvalue weighted by molar-refractivity contribution is -0.123. The van der Waals surface area contributed by atoms with Crippen LogP contribution in [0.1, 0.15) is 12.0 Å². The van der Waals surface area contributed by atoms with Gasteiger partial charge in [0.15, 0.2) is 4.08 Å². The summed E-state index contributed by atoms with van der Waals surface area (Å²) in [4.78, 5) is 15.1. The van der Waals surface area contributed by atoms with Gasteiger partial charge in [-0.15, -0.1) is 23.5 Å². The van der Waals surface area contributed by atoms with Crippen molar-refractivity contribution in [1.82, 2.24) is 0 Å². The number of thioether (sulfide) groups is 2. The van der Waals surface area contributed by atoms with Gasteiger partial charge in [-0.1, -0.05) is 42.5 Å². The number of benzene rings is 2. The first-order valence-corrected chi connectivity index (χ1v) is 10.7. The van der Waals surface area contributed by atoms with Gasteiger partial charge in [-0.05, 0) is 47.8 Å². The minimum atomic E-state index is -0.372. The van der Waals surface area contributed by atoms with E-state index in [0.29, 0.717) is 0 Å². The highest BCUT2D eigenvalue weighted by Crippen LogP contribution is 2.55. The van der Waals surface area contributed by atoms with Crippen molar-refractivity contribution in [2.45, 2.75) is 16.5 Å². The van der Waals surface area contributed by atoms with E-state index in [1.165, 1.54) is 6.42 Å². The van der Waals surface area contributed by atoms with Gasteiger partial charge in [-0.25, -0.2) is 0 Å². The molecule has 3 nitrogen and oxygen atoms in total. The smallest absolute Gasteiger partial charge is 0.256 e. The van der Waals surface area contributed by atoms with Crippen molar-refractivity contribution in [3.05, 3.63) is 66.2 Å². The Hall–Kier alpha value is -1.85. The van der Waals surface area contributed by atoms with Crippen molar-refractivity contribution >= 4 is 41.2 Å². The lowest BCUT2D eigenvalue weighted by Gasteiger charge is -2.55. The summed E-state index contributed by atoms with van der Waals surface area (Å²) < 4.78 is 4.87. The van der Waals surface area contributed by atoms with E-state index in [4.69, 9.17) is 4.74 Å². The molecule has 0 bridgehead atoms. The van der Waals surface area contributed by atoms with Crippen LogP contribution < -0.4 is 9.64 Å². The van der Waals surface area contributed by atoms with Crippen molar-refractivity contribution in [2.24, 2.45) is 0 Å². The van der Waals surface area contributed by atoms with Gasteiger partial charge in [0.1, 0.15) is 5.75 Å². The minimum absolute atomic E-state index is 0.0545. The van der Waals surface area contributed by atoms with Crippen molar-refractivity contribution in [2.75, 3.05) is 23.5 Å². The fourth-order valence-corrected chi connectivity index (χ4v) is 6.72. The Morgan fingerprint density at radius 2 is 1.77 bits per heavy atom. The third-order valence-corrected chi connectivity index (χ3v) is 8.11. The molecule has 0 N–H and O–H groups in total. The number of rotatable bonds is 4. The number of carbonyl (C=O) groups is 1. The molecule has 2 aromatic rings. The van der Waals surface area contributed by atoms with Crippen LogP contribution in [0, 0.1) is 0 Å². The molecule has 1 unspecified atom stereocenters. The van der Waals surface area contributed by atoms with Crippen LogP contribution in [-0.4, -0.2) is 34.6 Å². The summed E-state index contributed by atoms with van der Waals surface area (Å²) in [5.74, 6) is 3.10. The highest BCUT2D eigenvalue weighted by Gasteiger charge is 2.61. The quantitative estimate of drug-likeness (QED) is 0.717. The van der Waals surface area contributed by atoms with Crippen LogP contribution in [-0.2, 0) is 4.79 Å². The molecule has 5 heteroatoms. The molecule has 26 heavy (non-hydrogen) atoms. The Morgan fingerprint density at radius 1 is 1.08 bits per heavy atom. The topological polar surface area (TPSA) is 29.5 Å². The Balaban J connectivity index is 1.65. The normalized spacial score (nSPS) is 21.8. The number of ether oxygens (including phenoxy) is 1. The van der Waals surface area contributed by atoms with Gasteiger partial charge in [0.25, 0.3) is 5.91 Å². The van der Waals surface area contributed by atoms with Gasteiger partial charge in [-0.3, -0.25) is 4.79 Å². The zero-order chi connectivity index (χ0) is 18.0. The number of carbonyl (C=O) groups excluding carboxylic acids is 1. The Bertz CT molecular complexity index is 799. The zero-order valence-electron chi connectivity index (χ0n) is 14.6. The summed E-state index contributed by atoms with van der Waals surface area (Å²) in [5, 5.41) is 0. The molecular formula is C21H21NO2S2. The Morgan fingerprint density at radius 3 is 2.42 bits per heavy atom. The molecule has 2 aromatic carbocycles. The third kappa shape index (κ3) is 3.03. The van der Waals surface area contributed by atoms with E-state index in [1.807, 2.05) is 47.4 Å². The number of nitrogens with zero attached hydrogens (tertiary/aromatic N) is 1. The average Bonchev–Trinajstić information content (AvgIpc) is 2.72. The summed E-state index contributed by atoms with van der Waals surface area (Å²) in [5.41, 5.74) is 2.08. The fourth-order valence-electron chi connectivity index (χ4n) is 3.37. The lowest BCUT2D eigenvalue weighted by Crippen LogP contribution is -2.71. The molecular weight excluding hydrogens is 362 g/mol.